The van der Waals surface area contributed by atoms with Gasteiger partial charge in [0, 0.05) is 0 Å². The zero-order valence-electron chi connectivity index (χ0n) is 7.73. The molecule has 2 heterocycles. The normalized spacial score (nSPS) is 16.4. The quantitative estimate of drug-likeness (QED) is 0.675. The molecule has 0 atom stereocenters. The maximum Gasteiger partial charge on any atom is 0.297 e. The second-order valence-corrected chi connectivity index (χ2v) is 3.64. The SMILES string of the molecule is Cc1nn(C2CC2)c(=O)c2nocc12. The number of fused-ring (bicyclic) bond motifs is 1. The maximum absolute atomic E-state index is 11.8. The molecule has 0 bridgehead atoms. The molecule has 0 unspecified atom stereocenters. The summed E-state index contributed by atoms with van der Waals surface area (Å²) in [5.74, 6) is 0. The Morgan fingerprint density at radius 3 is 3.07 bits per heavy atom. The minimum atomic E-state index is -0.137. The van der Waals surface area contributed by atoms with Crippen LogP contribution in [0.25, 0.3) is 10.9 Å². The highest BCUT2D eigenvalue weighted by atomic mass is 16.5. The molecule has 1 fully saturated rings. The van der Waals surface area contributed by atoms with E-state index in [-0.39, 0.29) is 11.6 Å². The van der Waals surface area contributed by atoms with Crippen molar-refractivity contribution in [1.82, 2.24) is 14.9 Å². The highest BCUT2D eigenvalue weighted by Crippen LogP contribution is 2.33. The van der Waals surface area contributed by atoms with Crippen LogP contribution in [-0.4, -0.2) is 14.9 Å². The van der Waals surface area contributed by atoms with E-state index in [2.05, 4.69) is 10.3 Å². The van der Waals surface area contributed by atoms with Crippen molar-refractivity contribution >= 4 is 10.9 Å². The van der Waals surface area contributed by atoms with Crippen molar-refractivity contribution in [2.75, 3.05) is 0 Å². The fourth-order valence-corrected chi connectivity index (χ4v) is 1.58. The number of hydrogen-bond acceptors (Lipinski definition) is 4. The predicted octanol–water partition coefficient (Wildman–Crippen LogP) is 1.03. The summed E-state index contributed by atoms with van der Waals surface area (Å²) >= 11 is 0. The Morgan fingerprint density at radius 2 is 2.36 bits per heavy atom. The number of aryl methyl sites for hydroxylation is 1. The van der Waals surface area contributed by atoms with Gasteiger partial charge in [0.2, 0.25) is 0 Å². The zero-order chi connectivity index (χ0) is 9.71. The first-order valence-corrected chi connectivity index (χ1v) is 4.61. The maximum atomic E-state index is 11.8. The van der Waals surface area contributed by atoms with Crippen LogP contribution in [0.5, 0.6) is 0 Å². The molecule has 1 saturated carbocycles. The summed E-state index contributed by atoms with van der Waals surface area (Å²) in [7, 11) is 0. The Balaban J connectivity index is 2.41. The third-order valence-corrected chi connectivity index (χ3v) is 2.52. The Morgan fingerprint density at radius 1 is 1.57 bits per heavy atom. The average Bonchev–Trinajstić information content (AvgIpc) is 2.88. The smallest absolute Gasteiger partial charge is 0.297 e. The van der Waals surface area contributed by atoms with Crippen molar-refractivity contribution in [3.8, 4) is 0 Å². The van der Waals surface area contributed by atoms with Gasteiger partial charge < -0.3 is 4.52 Å². The predicted molar refractivity (Wildman–Crippen MR) is 49.1 cm³/mol. The third-order valence-electron chi connectivity index (χ3n) is 2.52. The van der Waals surface area contributed by atoms with Crippen LogP contribution in [0.15, 0.2) is 15.6 Å². The number of rotatable bonds is 1. The molecule has 1 aliphatic carbocycles. The molecular weight excluding hydrogens is 182 g/mol. The Kier molecular flexibility index (Phi) is 1.34. The highest BCUT2D eigenvalue weighted by Gasteiger charge is 2.27. The first-order chi connectivity index (χ1) is 6.77. The van der Waals surface area contributed by atoms with E-state index < -0.39 is 0 Å². The van der Waals surface area contributed by atoms with E-state index in [1.165, 1.54) is 10.9 Å². The van der Waals surface area contributed by atoms with Gasteiger partial charge in [-0.25, -0.2) is 4.68 Å². The van der Waals surface area contributed by atoms with E-state index in [1.807, 2.05) is 6.92 Å². The number of aromatic nitrogens is 3. The van der Waals surface area contributed by atoms with Crippen molar-refractivity contribution in [3.05, 3.63) is 22.3 Å². The second kappa shape index (κ2) is 2.43. The lowest BCUT2D eigenvalue weighted by molar-refractivity contribution is 0.427. The largest absolute Gasteiger partial charge is 0.363 e. The molecule has 0 saturated heterocycles. The van der Waals surface area contributed by atoms with Gasteiger partial charge in [-0.2, -0.15) is 5.10 Å². The average molecular weight is 191 g/mol. The first-order valence-electron chi connectivity index (χ1n) is 4.61. The minimum Gasteiger partial charge on any atom is -0.363 e. The van der Waals surface area contributed by atoms with E-state index in [9.17, 15) is 4.79 Å². The van der Waals surface area contributed by atoms with E-state index in [1.54, 1.807) is 0 Å². The van der Waals surface area contributed by atoms with Crippen LogP contribution in [-0.2, 0) is 0 Å². The van der Waals surface area contributed by atoms with Gasteiger partial charge in [0.05, 0.1) is 17.1 Å². The van der Waals surface area contributed by atoms with E-state index in [0.29, 0.717) is 10.9 Å². The minimum absolute atomic E-state index is 0.137. The van der Waals surface area contributed by atoms with Crippen molar-refractivity contribution in [1.29, 1.82) is 0 Å². The van der Waals surface area contributed by atoms with Crippen molar-refractivity contribution < 1.29 is 4.52 Å². The summed E-state index contributed by atoms with van der Waals surface area (Å²) in [4.78, 5) is 11.8. The fraction of sp³-hybridized carbons (Fsp3) is 0.444. The van der Waals surface area contributed by atoms with Gasteiger partial charge in [-0.1, -0.05) is 5.16 Å². The molecular formula is C9H9N3O2. The summed E-state index contributed by atoms with van der Waals surface area (Å²) in [6.07, 6.45) is 3.54. The van der Waals surface area contributed by atoms with Gasteiger partial charge >= 0.3 is 0 Å². The molecule has 3 rings (SSSR count). The Labute approximate surface area is 79.3 Å². The summed E-state index contributed by atoms with van der Waals surface area (Å²) in [5.41, 5.74) is 1.05. The molecule has 2 aromatic heterocycles. The van der Waals surface area contributed by atoms with Gasteiger partial charge in [0.15, 0.2) is 5.52 Å². The molecule has 2 aromatic rings. The monoisotopic (exact) mass is 191 g/mol. The standard InChI is InChI=1S/C9H9N3O2/c1-5-7-4-14-11-8(7)9(13)12(10-5)6-2-3-6/h4,6H,2-3H2,1H3. The molecule has 0 spiro atoms. The van der Waals surface area contributed by atoms with Crippen molar-refractivity contribution in [2.24, 2.45) is 0 Å². The van der Waals surface area contributed by atoms with E-state index >= 15 is 0 Å². The number of nitrogens with zero attached hydrogens (tertiary/aromatic N) is 3. The fourth-order valence-electron chi connectivity index (χ4n) is 1.58. The first kappa shape index (κ1) is 7.73. The van der Waals surface area contributed by atoms with E-state index in [0.717, 1.165) is 18.5 Å². The molecule has 0 aliphatic heterocycles. The zero-order valence-corrected chi connectivity index (χ0v) is 7.73. The number of hydrogen-bond donors (Lipinski definition) is 0. The Hall–Kier alpha value is -1.65. The van der Waals surface area contributed by atoms with Crippen molar-refractivity contribution in [3.63, 3.8) is 0 Å². The van der Waals surface area contributed by atoms with Gasteiger partial charge in [0.1, 0.15) is 6.26 Å². The summed E-state index contributed by atoms with van der Waals surface area (Å²) in [6.45, 7) is 1.86. The van der Waals surface area contributed by atoms with Gasteiger partial charge in [-0.15, -0.1) is 0 Å². The molecule has 5 nitrogen and oxygen atoms in total. The topological polar surface area (TPSA) is 60.9 Å². The van der Waals surface area contributed by atoms with Gasteiger partial charge in [-0.05, 0) is 19.8 Å². The molecule has 0 aromatic carbocycles. The lowest BCUT2D eigenvalue weighted by Crippen LogP contribution is -2.22. The van der Waals surface area contributed by atoms with Gasteiger partial charge in [-0.3, -0.25) is 4.79 Å². The Bertz CT molecular complexity index is 551. The molecule has 5 heteroatoms. The molecule has 72 valence electrons. The highest BCUT2D eigenvalue weighted by molar-refractivity contribution is 5.78. The lowest BCUT2D eigenvalue weighted by Gasteiger charge is -2.02. The van der Waals surface area contributed by atoms with Crippen LogP contribution in [0, 0.1) is 6.92 Å². The molecule has 1 aliphatic rings. The summed E-state index contributed by atoms with van der Waals surface area (Å²) < 4.78 is 6.31. The summed E-state index contributed by atoms with van der Waals surface area (Å²) in [6, 6.07) is 0.280. The van der Waals surface area contributed by atoms with Crippen molar-refractivity contribution in [2.45, 2.75) is 25.8 Å². The lowest BCUT2D eigenvalue weighted by atomic mass is 10.3. The summed E-state index contributed by atoms with van der Waals surface area (Å²) in [5, 5.41) is 8.66. The van der Waals surface area contributed by atoms with Crippen LogP contribution in [0.1, 0.15) is 24.6 Å². The van der Waals surface area contributed by atoms with Crippen LogP contribution < -0.4 is 5.56 Å². The van der Waals surface area contributed by atoms with Gasteiger partial charge in [0.25, 0.3) is 5.56 Å². The van der Waals surface area contributed by atoms with E-state index in [4.69, 9.17) is 4.52 Å². The molecule has 0 amide bonds. The molecule has 14 heavy (non-hydrogen) atoms. The molecule has 0 radical (unpaired) electrons. The van der Waals surface area contributed by atoms with Crippen LogP contribution in [0.2, 0.25) is 0 Å². The van der Waals surface area contributed by atoms with Crippen LogP contribution in [0.4, 0.5) is 0 Å². The second-order valence-electron chi connectivity index (χ2n) is 3.64. The third kappa shape index (κ3) is 0.921. The van der Waals surface area contributed by atoms with Crippen LogP contribution in [0.3, 0.4) is 0 Å². The molecule has 0 N–H and O–H groups in total. The van der Waals surface area contributed by atoms with Crippen LogP contribution >= 0.6 is 0 Å².